The summed E-state index contributed by atoms with van der Waals surface area (Å²) in [5.41, 5.74) is 0.758. The Balaban J connectivity index is 2.01. The molecule has 100 valence electrons. The molecule has 0 aliphatic rings. The quantitative estimate of drug-likeness (QED) is 0.799. The van der Waals surface area contributed by atoms with Crippen molar-refractivity contribution in [3.63, 3.8) is 0 Å². The molecule has 0 aliphatic heterocycles. The maximum atomic E-state index is 13.3. The minimum Gasteiger partial charge on any atom is -0.305 e. The molecular formula is C12H12F2N4O. The first-order valence-corrected chi connectivity index (χ1v) is 5.66. The Morgan fingerprint density at radius 2 is 2.11 bits per heavy atom. The van der Waals surface area contributed by atoms with Crippen LogP contribution in [0.25, 0.3) is 0 Å². The van der Waals surface area contributed by atoms with Crippen molar-refractivity contribution in [1.82, 2.24) is 10.2 Å². The van der Waals surface area contributed by atoms with Crippen LogP contribution in [0.2, 0.25) is 0 Å². The SMILES string of the molecule is CCc1cc(NC(=O)Nc2ccc(F)cc2F)n[nH]1. The van der Waals surface area contributed by atoms with Crippen LogP contribution < -0.4 is 10.6 Å². The van der Waals surface area contributed by atoms with E-state index in [0.29, 0.717) is 11.9 Å². The van der Waals surface area contributed by atoms with Crippen LogP contribution in [-0.2, 0) is 6.42 Å². The van der Waals surface area contributed by atoms with E-state index in [2.05, 4.69) is 20.8 Å². The second-order valence-electron chi connectivity index (χ2n) is 3.84. The third-order valence-electron chi connectivity index (χ3n) is 2.43. The van der Waals surface area contributed by atoms with Crippen LogP contribution >= 0.6 is 0 Å². The zero-order chi connectivity index (χ0) is 13.8. The van der Waals surface area contributed by atoms with Crippen LogP contribution in [0.15, 0.2) is 24.3 Å². The van der Waals surface area contributed by atoms with Gasteiger partial charge in [-0.2, -0.15) is 5.10 Å². The average molecular weight is 266 g/mol. The predicted octanol–water partition coefficient (Wildman–Crippen LogP) is 2.89. The third-order valence-corrected chi connectivity index (χ3v) is 2.43. The lowest BCUT2D eigenvalue weighted by molar-refractivity contribution is 0.262. The molecule has 7 heteroatoms. The number of nitrogens with zero attached hydrogens (tertiary/aromatic N) is 1. The molecule has 5 nitrogen and oxygen atoms in total. The van der Waals surface area contributed by atoms with Crippen molar-refractivity contribution in [2.45, 2.75) is 13.3 Å². The molecular weight excluding hydrogens is 254 g/mol. The highest BCUT2D eigenvalue weighted by Crippen LogP contribution is 2.15. The number of aromatic nitrogens is 2. The highest BCUT2D eigenvalue weighted by Gasteiger charge is 2.09. The fourth-order valence-electron chi connectivity index (χ4n) is 1.47. The highest BCUT2D eigenvalue weighted by molar-refractivity contribution is 5.99. The number of hydrogen-bond acceptors (Lipinski definition) is 2. The minimum absolute atomic E-state index is 0.106. The first-order chi connectivity index (χ1) is 9.08. The van der Waals surface area contributed by atoms with Crippen molar-refractivity contribution >= 4 is 17.5 Å². The molecule has 0 atom stereocenters. The number of anilines is 2. The first-order valence-electron chi connectivity index (χ1n) is 5.66. The molecule has 0 radical (unpaired) electrons. The Morgan fingerprint density at radius 3 is 2.74 bits per heavy atom. The lowest BCUT2D eigenvalue weighted by Crippen LogP contribution is -2.20. The summed E-state index contributed by atoms with van der Waals surface area (Å²) < 4.78 is 26.0. The van der Waals surface area contributed by atoms with Crippen LogP contribution in [-0.4, -0.2) is 16.2 Å². The van der Waals surface area contributed by atoms with Crippen LogP contribution in [0.1, 0.15) is 12.6 Å². The molecule has 2 rings (SSSR count). The summed E-state index contributed by atoms with van der Waals surface area (Å²) >= 11 is 0. The molecule has 3 N–H and O–H groups in total. The molecule has 2 aromatic rings. The Hall–Kier alpha value is -2.44. The summed E-state index contributed by atoms with van der Waals surface area (Å²) in [4.78, 5) is 11.6. The summed E-state index contributed by atoms with van der Waals surface area (Å²) in [5, 5.41) is 11.3. The molecule has 0 fully saturated rings. The summed E-state index contributed by atoms with van der Waals surface area (Å²) in [7, 11) is 0. The summed E-state index contributed by atoms with van der Waals surface area (Å²) in [6, 6.07) is 3.91. The molecule has 0 aliphatic carbocycles. The van der Waals surface area contributed by atoms with E-state index in [0.717, 1.165) is 24.2 Å². The van der Waals surface area contributed by atoms with E-state index in [1.807, 2.05) is 6.92 Å². The van der Waals surface area contributed by atoms with E-state index in [9.17, 15) is 13.6 Å². The van der Waals surface area contributed by atoms with Gasteiger partial charge in [0.15, 0.2) is 5.82 Å². The number of nitrogens with one attached hydrogen (secondary N) is 3. The number of urea groups is 1. The highest BCUT2D eigenvalue weighted by atomic mass is 19.1. The summed E-state index contributed by atoms with van der Waals surface area (Å²) in [5.74, 6) is -1.22. The fraction of sp³-hybridized carbons (Fsp3) is 0.167. The number of H-pyrrole nitrogens is 1. The van der Waals surface area contributed by atoms with Gasteiger partial charge in [-0.25, -0.2) is 13.6 Å². The number of carbonyl (C=O) groups is 1. The van der Waals surface area contributed by atoms with Crippen molar-refractivity contribution < 1.29 is 13.6 Å². The second kappa shape index (κ2) is 5.47. The number of benzene rings is 1. The zero-order valence-corrected chi connectivity index (χ0v) is 10.1. The molecule has 0 saturated carbocycles. The van der Waals surface area contributed by atoms with E-state index < -0.39 is 17.7 Å². The number of carbonyl (C=O) groups excluding carboxylic acids is 1. The van der Waals surface area contributed by atoms with Gasteiger partial charge < -0.3 is 5.32 Å². The lowest BCUT2D eigenvalue weighted by Gasteiger charge is -2.06. The van der Waals surface area contributed by atoms with Crippen molar-refractivity contribution in [1.29, 1.82) is 0 Å². The van der Waals surface area contributed by atoms with E-state index in [4.69, 9.17) is 0 Å². The van der Waals surface area contributed by atoms with Crippen LogP contribution in [0.3, 0.4) is 0 Å². The Bertz CT molecular complexity index is 597. The number of rotatable bonds is 3. The Morgan fingerprint density at radius 1 is 1.32 bits per heavy atom. The molecule has 1 heterocycles. The smallest absolute Gasteiger partial charge is 0.305 e. The first kappa shape index (κ1) is 13.0. The average Bonchev–Trinajstić information content (AvgIpc) is 2.80. The standard InChI is InChI=1S/C12H12F2N4O/c1-2-8-6-11(18-17-8)16-12(19)15-10-4-3-7(13)5-9(10)14/h3-6H,2H2,1H3,(H3,15,16,17,18,19). The largest absolute Gasteiger partial charge is 0.324 e. The maximum Gasteiger partial charge on any atom is 0.324 e. The summed E-state index contributed by atoms with van der Waals surface area (Å²) in [6.07, 6.45) is 0.753. The molecule has 19 heavy (non-hydrogen) atoms. The van der Waals surface area contributed by atoms with Crippen LogP contribution in [0, 0.1) is 11.6 Å². The number of amides is 2. The molecule has 0 spiro atoms. The molecule has 1 aromatic carbocycles. The van der Waals surface area contributed by atoms with Crippen molar-refractivity contribution in [3.05, 3.63) is 41.6 Å². The zero-order valence-electron chi connectivity index (χ0n) is 10.1. The predicted molar refractivity (Wildman–Crippen MR) is 67.0 cm³/mol. The van der Waals surface area contributed by atoms with E-state index in [1.54, 1.807) is 6.07 Å². The second-order valence-corrected chi connectivity index (χ2v) is 3.84. The van der Waals surface area contributed by atoms with Gasteiger partial charge in [-0.1, -0.05) is 6.92 Å². The van der Waals surface area contributed by atoms with Gasteiger partial charge in [-0.3, -0.25) is 10.4 Å². The number of halogens is 2. The van der Waals surface area contributed by atoms with Gasteiger partial charge >= 0.3 is 6.03 Å². The van der Waals surface area contributed by atoms with Crippen molar-refractivity contribution in [2.75, 3.05) is 10.6 Å². The maximum absolute atomic E-state index is 13.3. The lowest BCUT2D eigenvalue weighted by atomic mass is 10.3. The van der Waals surface area contributed by atoms with Gasteiger partial charge in [-0.05, 0) is 18.6 Å². The van der Waals surface area contributed by atoms with Crippen LogP contribution in [0.5, 0.6) is 0 Å². The van der Waals surface area contributed by atoms with Crippen molar-refractivity contribution in [3.8, 4) is 0 Å². The van der Waals surface area contributed by atoms with Gasteiger partial charge in [0.2, 0.25) is 0 Å². The van der Waals surface area contributed by atoms with E-state index >= 15 is 0 Å². The van der Waals surface area contributed by atoms with Crippen molar-refractivity contribution in [2.24, 2.45) is 0 Å². The Labute approximate surface area is 108 Å². The number of aromatic amines is 1. The topological polar surface area (TPSA) is 69.8 Å². The third kappa shape index (κ3) is 3.27. The van der Waals surface area contributed by atoms with Gasteiger partial charge in [-0.15, -0.1) is 0 Å². The van der Waals surface area contributed by atoms with Gasteiger partial charge in [0.1, 0.15) is 11.6 Å². The number of aryl methyl sites for hydroxylation is 1. The van der Waals surface area contributed by atoms with E-state index in [-0.39, 0.29) is 5.69 Å². The molecule has 2 amide bonds. The number of hydrogen-bond donors (Lipinski definition) is 3. The van der Waals surface area contributed by atoms with Crippen LogP contribution in [0.4, 0.5) is 25.1 Å². The van der Waals surface area contributed by atoms with Gasteiger partial charge in [0.05, 0.1) is 5.69 Å². The molecule has 1 aromatic heterocycles. The van der Waals surface area contributed by atoms with E-state index in [1.165, 1.54) is 0 Å². The molecule has 0 unspecified atom stereocenters. The fourth-order valence-corrected chi connectivity index (χ4v) is 1.47. The molecule has 0 bridgehead atoms. The Kier molecular flexibility index (Phi) is 3.74. The van der Waals surface area contributed by atoms with Gasteiger partial charge in [0, 0.05) is 17.8 Å². The molecule has 0 saturated heterocycles. The monoisotopic (exact) mass is 266 g/mol. The normalized spacial score (nSPS) is 10.3. The summed E-state index contributed by atoms with van der Waals surface area (Å²) in [6.45, 7) is 1.94. The van der Waals surface area contributed by atoms with Gasteiger partial charge in [0.25, 0.3) is 0 Å². The minimum atomic E-state index is -0.841.